The Morgan fingerprint density at radius 2 is 1.83 bits per heavy atom. The van der Waals surface area contributed by atoms with Gasteiger partial charge < -0.3 is 5.32 Å². The van der Waals surface area contributed by atoms with Crippen LogP contribution in [-0.2, 0) is 29.1 Å². The summed E-state index contributed by atoms with van der Waals surface area (Å²) in [5.41, 5.74) is 5.29. The summed E-state index contributed by atoms with van der Waals surface area (Å²) < 4.78 is 0. The number of piperidine rings is 2. The summed E-state index contributed by atoms with van der Waals surface area (Å²) in [6.45, 7) is 4.18. The largest absolute Gasteiger partial charge is 0.312 e. The van der Waals surface area contributed by atoms with Crippen LogP contribution in [0.5, 0.6) is 0 Å². The minimum atomic E-state index is -0.946. The number of hydrogen-bond donors (Lipinski definition) is 3. The van der Waals surface area contributed by atoms with E-state index in [0.717, 1.165) is 55.9 Å². The predicted molar refractivity (Wildman–Crippen MR) is 124 cm³/mol. The highest BCUT2D eigenvalue weighted by atomic mass is 16.2. The normalized spacial score (nSPS) is 23.4. The van der Waals surface area contributed by atoms with E-state index in [1.165, 1.54) is 17.0 Å². The summed E-state index contributed by atoms with van der Waals surface area (Å²) in [7, 11) is 0. The van der Waals surface area contributed by atoms with Crippen LogP contribution in [0.3, 0.4) is 0 Å². The zero-order valence-corrected chi connectivity index (χ0v) is 19.4. The first kappa shape index (κ1) is 22.1. The lowest BCUT2D eigenvalue weighted by Gasteiger charge is -2.32. The van der Waals surface area contributed by atoms with Gasteiger partial charge in [-0.3, -0.25) is 39.4 Å². The molecule has 4 amide bonds. The van der Waals surface area contributed by atoms with Gasteiger partial charge in [0.15, 0.2) is 0 Å². The van der Waals surface area contributed by atoms with Crippen molar-refractivity contribution < 1.29 is 19.2 Å². The molecule has 0 spiro atoms. The minimum absolute atomic E-state index is 0.112. The summed E-state index contributed by atoms with van der Waals surface area (Å²) in [6, 6.07) is 4.38. The van der Waals surface area contributed by atoms with Crippen LogP contribution in [0.15, 0.2) is 18.2 Å². The van der Waals surface area contributed by atoms with Crippen LogP contribution in [0, 0.1) is 0 Å². The molecule has 1 atom stereocenters. The van der Waals surface area contributed by atoms with Crippen LogP contribution in [0.25, 0.3) is 0 Å². The van der Waals surface area contributed by atoms with Crippen molar-refractivity contribution in [3.63, 3.8) is 0 Å². The van der Waals surface area contributed by atoms with Gasteiger partial charge in [0.05, 0.1) is 16.8 Å². The molecule has 10 heteroatoms. The monoisotopic (exact) mass is 476 g/mol. The first-order chi connectivity index (χ1) is 17.0. The maximum Gasteiger partial charge on any atom is 0.262 e. The molecule has 35 heavy (non-hydrogen) atoms. The van der Waals surface area contributed by atoms with Crippen LogP contribution < -0.4 is 10.6 Å². The molecule has 3 N–H and O–H groups in total. The minimum Gasteiger partial charge on any atom is -0.312 e. The van der Waals surface area contributed by atoms with E-state index in [9.17, 15) is 19.2 Å². The fraction of sp³-hybridized carbons (Fsp3) is 0.480. The zero-order valence-electron chi connectivity index (χ0n) is 19.4. The van der Waals surface area contributed by atoms with Crippen molar-refractivity contribution in [3.05, 3.63) is 51.8 Å². The number of carbonyl (C=O) groups excluding carboxylic acids is 4. The predicted octanol–water partition coefficient (Wildman–Crippen LogP) is 0.836. The van der Waals surface area contributed by atoms with Gasteiger partial charge >= 0.3 is 0 Å². The lowest BCUT2D eigenvalue weighted by atomic mass is 9.89. The fourth-order valence-electron chi connectivity index (χ4n) is 5.91. The average molecular weight is 477 g/mol. The van der Waals surface area contributed by atoms with E-state index in [1.54, 1.807) is 12.1 Å². The molecule has 0 saturated carbocycles. The SMILES string of the molecule is O=C1CCC(N2C(=O)c3cccc(CN4CCC(c5n[nH]c6c5CNCC6)CC4)c3C2=O)C(=O)N1. The van der Waals surface area contributed by atoms with Crippen molar-refractivity contribution in [2.75, 3.05) is 19.6 Å². The molecular weight excluding hydrogens is 448 g/mol. The van der Waals surface area contributed by atoms with Gasteiger partial charge in [0.25, 0.3) is 11.8 Å². The third kappa shape index (κ3) is 3.77. The molecule has 0 bridgehead atoms. The van der Waals surface area contributed by atoms with E-state index in [4.69, 9.17) is 0 Å². The molecule has 4 aliphatic rings. The highest BCUT2D eigenvalue weighted by molar-refractivity contribution is 6.24. The van der Waals surface area contributed by atoms with Crippen molar-refractivity contribution in [3.8, 4) is 0 Å². The number of benzene rings is 1. The Hall–Kier alpha value is -3.37. The summed E-state index contributed by atoms with van der Waals surface area (Å²) in [5.74, 6) is -1.45. The van der Waals surface area contributed by atoms with Crippen molar-refractivity contribution >= 4 is 23.6 Å². The Bertz CT molecular complexity index is 1230. The van der Waals surface area contributed by atoms with Crippen LogP contribution in [0.1, 0.15) is 74.8 Å². The maximum atomic E-state index is 13.3. The molecule has 1 aromatic carbocycles. The molecular formula is C25H28N6O4. The van der Waals surface area contributed by atoms with E-state index in [1.807, 2.05) is 6.07 Å². The number of hydrogen-bond acceptors (Lipinski definition) is 7. The summed E-state index contributed by atoms with van der Waals surface area (Å²) >= 11 is 0. The highest BCUT2D eigenvalue weighted by Crippen LogP contribution is 2.34. The lowest BCUT2D eigenvalue weighted by molar-refractivity contribution is -0.136. The number of nitrogens with zero attached hydrogens (tertiary/aromatic N) is 3. The fourth-order valence-corrected chi connectivity index (χ4v) is 5.91. The number of rotatable bonds is 4. The van der Waals surface area contributed by atoms with Gasteiger partial charge in [0.1, 0.15) is 6.04 Å². The number of aromatic nitrogens is 2. The molecule has 0 aliphatic carbocycles. The second kappa shape index (κ2) is 8.69. The topological polar surface area (TPSA) is 128 Å². The molecule has 2 aromatic rings. The smallest absolute Gasteiger partial charge is 0.262 e. The number of amides is 4. The van der Waals surface area contributed by atoms with E-state index >= 15 is 0 Å². The van der Waals surface area contributed by atoms with Gasteiger partial charge in [-0.15, -0.1) is 0 Å². The zero-order chi connectivity index (χ0) is 24.1. The first-order valence-electron chi connectivity index (χ1n) is 12.3. The van der Waals surface area contributed by atoms with Crippen molar-refractivity contribution in [2.24, 2.45) is 0 Å². The summed E-state index contributed by atoms with van der Waals surface area (Å²) in [6.07, 6.45) is 3.23. The quantitative estimate of drug-likeness (QED) is 0.558. The Morgan fingerprint density at radius 3 is 2.63 bits per heavy atom. The van der Waals surface area contributed by atoms with Crippen LogP contribution in [0.2, 0.25) is 0 Å². The van der Waals surface area contributed by atoms with E-state index in [-0.39, 0.29) is 18.7 Å². The van der Waals surface area contributed by atoms with Crippen molar-refractivity contribution in [2.45, 2.75) is 57.2 Å². The standard InChI is InChI=1S/C25H28N6O4/c32-20-5-4-19(23(33)27-20)31-24(34)16-3-1-2-15(21(16)25(31)35)13-30-10-7-14(8-11-30)22-17-12-26-9-6-18(17)28-29-22/h1-3,14,19,26H,4-13H2,(H,28,29)(H,27,32,33). The molecule has 5 heterocycles. The van der Waals surface area contributed by atoms with Crippen LogP contribution >= 0.6 is 0 Å². The Balaban J connectivity index is 1.16. The number of nitrogens with one attached hydrogen (secondary N) is 3. The number of fused-ring (bicyclic) bond motifs is 2. The van der Waals surface area contributed by atoms with E-state index < -0.39 is 23.8 Å². The summed E-state index contributed by atoms with van der Waals surface area (Å²) in [5, 5.41) is 13.5. The molecule has 2 fully saturated rings. The van der Waals surface area contributed by atoms with Crippen LogP contribution in [-0.4, -0.2) is 69.3 Å². The second-order valence-electron chi connectivity index (χ2n) is 9.83. The highest BCUT2D eigenvalue weighted by Gasteiger charge is 2.45. The Morgan fingerprint density at radius 1 is 1.00 bits per heavy atom. The molecule has 0 radical (unpaired) electrons. The number of H-pyrrole nitrogens is 1. The third-order valence-corrected chi connectivity index (χ3v) is 7.76. The molecule has 4 aliphatic heterocycles. The maximum absolute atomic E-state index is 13.3. The molecule has 1 unspecified atom stereocenters. The van der Waals surface area contributed by atoms with Gasteiger partial charge in [-0.1, -0.05) is 12.1 Å². The van der Waals surface area contributed by atoms with Gasteiger partial charge in [0.2, 0.25) is 11.8 Å². The lowest BCUT2D eigenvalue weighted by Crippen LogP contribution is -2.54. The van der Waals surface area contributed by atoms with Gasteiger partial charge in [-0.2, -0.15) is 5.10 Å². The molecule has 6 rings (SSSR count). The Kier molecular flexibility index (Phi) is 5.49. The Labute approximate surface area is 202 Å². The van der Waals surface area contributed by atoms with Crippen molar-refractivity contribution in [1.29, 1.82) is 0 Å². The second-order valence-corrected chi connectivity index (χ2v) is 9.83. The van der Waals surface area contributed by atoms with E-state index in [2.05, 4.69) is 25.7 Å². The van der Waals surface area contributed by atoms with Gasteiger partial charge in [-0.05, 0) is 44.0 Å². The number of imide groups is 2. The van der Waals surface area contributed by atoms with Crippen molar-refractivity contribution in [1.82, 2.24) is 30.6 Å². The third-order valence-electron chi connectivity index (χ3n) is 7.76. The summed E-state index contributed by atoms with van der Waals surface area (Å²) in [4.78, 5) is 53.7. The van der Waals surface area contributed by atoms with Gasteiger partial charge in [0, 0.05) is 49.7 Å². The number of likely N-dealkylation sites (tertiary alicyclic amines) is 1. The average Bonchev–Trinajstić information content (AvgIpc) is 3.40. The molecule has 2 saturated heterocycles. The first-order valence-corrected chi connectivity index (χ1v) is 12.3. The van der Waals surface area contributed by atoms with E-state index in [0.29, 0.717) is 23.6 Å². The molecule has 10 nitrogen and oxygen atoms in total. The molecule has 1 aromatic heterocycles. The number of aromatic amines is 1. The molecule has 182 valence electrons. The van der Waals surface area contributed by atoms with Crippen LogP contribution in [0.4, 0.5) is 0 Å². The number of carbonyl (C=O) groups is 4. The van der Waals surface area contributed by atoms with Gasteiger partial charge in [-0.25, -0.2) is 0 Å².